The van der Waals surface area contributed by atoms with Crippen LogP contribution in [0.1, 0.15) is 38.5 Å². The first-order valence-corrected chi connectivity index (χ1v) is 10.7. The maximum absolute atomic E-state index is 13.7. The van der Waals surface area contributed by atoms with Crippen LogP contribution in [-0.4, -0.2) is 11.8 Å². The number of Topliss-reactive ketones (excluding diaryl/α,β-unsaturated/α-hetero) is 1. The molecule has 0 spiro atoms. The Morgan fingerprint density at radius 1 is 1.03 bits per heavy atom. The third-order valence-corrected chi connectivity index (χ3v) is 5.96. The molecule has 2 aliphatic rings. The lowest BCUT2D eigenvalue weighted by atomic mass is 9.74. The van der Waals surface area contributed by atoms with Gasteiger partial charge in [-0.05, 0) is 48.2 Å². The number of nitrogens with zero attached hydrogens (tertiary/aromatic N) is 1. The number of rotatable bonds is 2. The number of furan rings is 1. The lowest BCUT2D eigenvalue weighted by Gasteiger charge is -2.36. The fourth-order valence-corrected chi connectivity index (χ4v) is 4.63. The molecule has 1 atom stereocenters. The second-order valence-corrected chi connectivity index (χ2v) is 9.06. The Balaban J connectivity index is 1.70. The summed E-state index contributed by atoms with van der Waals surface area (Å²) in [6.07, 6.45) is 2.69. The zero-order valence-electron chi connectivity index (χ0n) is 18.1. The molecule has 0 radical (unpaired) electrons. The van der Waals surface area contributed by atoms with Gasteiger partial charge in [0.05, 0.1) is 17.6 Å². The van der Waals surface area contributed by atoms with Gasteiger partial charge in [-0.2, -0.15) is 0 Å². The van der Waals surface area contributed by atoms with Gasteiger partial charge >= 0.3 is 6.03 Å². The molecule has 1 aromatic heterocycles. The highest BCUT2D eigenvalue weighted by Gasteiger charge is 2.44. The van der Waals surface area contributed by atoms with Gasteiger partial charge in [0.2, 0.25) is 0 Å². The summed E-state index contributed by atoms with van der Waals surface area (Å²) in [6, 6.07) is 19.5. The maximum Gasteiger partial charge on any atom is 0.327 e. The summed E-state index contributed by atoms with van der Waals surface area (Å²) in [5, 5.41) is 6.47. The van der Waals surface area contributed by atoms with Crippen LogP contribution in [-0.2, 0) is 4.79 Å². The van der Waals surface area contributed by atoms with Crippen molar-refractivity contribution in [1.82, 2.24) is 0 Å². The Bertz CT molecular complexity index is 1200. The van der Waals surface area contributed by atoms with Gasteiger partial charge < -0.3 is 15.1 Å². The van der Waals surface area contributed by atoms with Crippen molar-refractivity contribution in [3.8, 4) is 0 Å². The molecule has 0 fully saturated rings. The van der Waals surface area contributed by atoms with Gasteiger partial charge in [-0.15, -0.1) is 0 Å². The van der Waals surface area contributed by atoms with Crippen LogP contribution in [0.3, 0.4) is 0 Å². The molecular formula is C26H25N3O3. The van der Waals surface area contributed by atoms with Crippen molar-refractivity contribution in [2.75, 3.05) is 15.5 Å². The van der Waals surface area contributed by atoms with Crippen LogP contribution in [0.15, 0.2) is 88.7 Å². The number of amides is 2. The number of ketones is 1. The van der Waals surface area contributed by atoms with Crippen molar-refractivity contribution in [3.63, 3.8) is 0 Å². The van der Waals surface area contributed by atoms with E-state index in [0.717, 1.165) is 11.4 Å². The van der Waals surface area contributed by atoms with E-state index in [1.807, 2.05) is 60.7 Å². The molecule has 1 aliphatic heterocycles. The number of nitrogens with one attached hydrogen (secondary N) is 2. The molecule has 0 saturated heterocycles. The zero-order valence-corrected chi connectivity index (χ0v) is 18.1. The number of allylic oxidation sites excluding steroid dienone is 1. The highest BCUT2D eigenvalue weighted by molar-refractivity contribution is 6.09. The van der Waals surface area contributed by atoms with Crippen molar-refractivity contribution in [1.29, 1.82) is 0 Å². The lowest BCUT2D eigenvalue weighted by molar-refractivity contribution is -0.118. The van der Waals surface area contributed by atoms with Crippen LogP contribution in [0.2, 0.25) is 0 Å². The summed E-state index contributed by atoms with van der Waals surface area (Å²) in [5.74, 6) is 0.572. The second-order valence-electron chi connectivity index (χ2n) is 9.06. The molecule has 2 amide bonds. The van der Waals surface area contributed by atoms with E-state index in [1.165, 1.54) is 0 Å². The Labute approximate surface area is 186 Å². The monoisotopic (exact) mass is 427 g/mol. The number of benzene rings is 2. The van der Waals surface area contributed by atoms with Gasteiger partial charge in [0, 0.05) is 23.4 Å². The molecule has 0 unspecified atom stereocenters. The molecule has 6 nitrogen and oxygen atoms in total. The van der Waals surface area contributed by atoms with E-state index in [4.69, 9.17) is 4.42 Å². The summed E-state index contributed by atoms with van der Waals surface area (Å²) in [5.41, 5.74) is 3.39. The van der Waals surface area contributed by atoms with E-state index in [9.17, 15) is 9.59 Å². The van der Waals surface area contributed by atoms with E-state index in [2.05, 4.69) is 24.5 Å². The fraction of sp³-hybridized carbons (Fsp3) is 0.231. The summed E-state index contributed by atoms with van der Waals surface area (Å²) in [6.45, 7) is 4.18. The molecule has 5 rings (SSSR count). The summed E-state index contributed by atoms with van der Waals surface area (Å²) in [7, 11) is 0. The van der Waals surface area contributed by atoms with Gasteiger partial charge in [-0.1, -0.05) is 44.2 Å². The minimum absolute atomic E-state index is 0.0236. The summed E-state index contributed by atoms with van der Waals surface area (Å²) >= 11 is 0. The number of urea groups is 1. The van der Waals surface area contributed by atoms with Gasteiger partial charge in [0.15, 0.2) is 5.78 Å². The SMILES string of the molecule is CC1(C)CC(=O)C2=C(C1)Nc1ccccc1N(C(=O)Nc1ccccc1)[C@H]2c1ccco1. The predicted octanol–water partition coefficient (Wildman–Crippen LogP) is 6.13. The number of para-hydroxylation sites is 3. The van der Waals surface area contributed by atoms with E-state index >= 15 is 0 Å². The van der Waals surface area contributed by atoms with Crippen LogP contribution in [0, 0.1) is 5.41 Å². The Morgan fingerprint density at radius 3 is 2.53 bits per heavy atom. The van der Waals surface area contributed by atoms with Crippen LogP contribution in [0.4, 0.5) is 21.9 Å². The number of carbonyl (C=O) groups is 2. The normalized spacial score (nSPS) is 19.5. The average molecular weight is 428 g/mol. The van der Waals surface area contributed by atoms with Gasteiger partial charge in [0.25, 0.3) is 0 Å². The Morgan fingerprint density at radius 2 is 1.78 bits per heavy atom. The second kappa shape index (κ2) is 7.71. The third kappa shape index (κ3) is 3.58. The first-order valence-electron chi connectivity index (χ1n) is 10.7. The largest absolute Gasteiger partial charge is 0.467 e. The molecular weight excluding hydrogens is 402 g/mol. The minimum atomic E-state index is -0.677. The molecule has 2 heterocycles. The quantitative estimate of drug-likeness (QED) is 0.516. The van der Waals surface area contributed by atoms with Crippen LogP contribution >= 0.6 is 0 Å². The van der Waals surface area contributed by atoms with E-state index in [-0.39, 0.29) is 17.2 Å². The molecule has 0 saturated carbocycles. The number of hydrogen-bond donors (Lipinski definition) is 2. The van der Waals surface area contributed by atoms with E-state index < -0.39 is 6.04 Å². The average Bonchev–Trinajstić information content (AvgIpc) is 3.23. The van der Waals surface area contributed by atoms with Gasteiger partial charge in [-0.3, -0.25) is 9.69 Å². The van der Waals surface area contributed by atoms with E-state index in [1.54, 1.807) is 17.2 Å². The van der Waals surface area contributed by atoms with Gasteiger partial charge in [-0.25, -0.2) is 4.79 Å². The van der Waals surface area contributed by atoms with Crippen molar-refractivity contribution in [2.24, 2.45) is 5.41 Å². The molecule has 162 valence electrons. The highest BCUT2D eigenvalue weighted by atomic mass is 16.3. The van der Waals surface area contributed by atoms with Gasteiger partial charge in [0.1, 0.15) is 11.8 Å². The van der Waals surface area contributed by atoms with Crippen LogP contribution < -0.4 is 15.5 Å². The smallest absolute Gasteiger partial charge is 0.327 e. The predicted molar refractivity (Wildman–Crippen MR) is 125 cm³/mol. The first kappa shape index (κ1) is 20.1. The van der Waals surface area contributed by atoms with Crippen molar-refractivity contribution < 1.29 is 14.0 Å². The topological polar surface area (TPSA) is 74.6 Å². The van der Waals surface area contributed by atoms with Crippen molar-refractivity contribution in [3.05, 3.63) is 90.0 Å². The summed E-state index contributed by atoms with van der Waals surface area (Å²) < 4.78 is 5.79. The number of anilines is 3. The lowest BCUT2D eigenvalue weighted by Crippen LogP contribution is -2.41. The molecule has 0 bridgehead atoms. The molecule has 32 heavy (non-hydrogen) atoms. The molecule has 3 aromatic rings. The molecule has 2 aromatic carbocycles. The number of carbonyl (C=O) groups excluding carboxylic acids is 2. The fourth-order valence-electron chi connectivity index (χ4n) is 4.63. The van der Waals surface area contributed by atoms with Crippen LogP contribution in [0.25, 0.3) is 0 Å². The standard InChI is InChI=1S/C26H25N3O3/c1-26(2)15-19-23(21(30)16-26)24(22-13-8-14-32-22)29(20-12-7-6-11-18(20)28-19)25(31)27-17-9-4-3-5-10-17/h3-14,24,28H,15-16H2,1-2H3,(H,27,31)/t24-/m0/s1. The molecule has 2 N–H and O–H groups in total. The summed E-state index contributed by atoms with van der Waals surface area (Å²) in [4.78, 5) is 28.8. The van der Waals surface area contributed by atoms with E-state index in [0.29, 0.717) is 35.5 Å². The van der Waals surface area contributed by atoms with Crippen molar-refractivity contribution >= 4 is 28.9 Å². The molecule has 1 aliphatic carbocycles. The van der Waals surface area contributed by atoms with Crippen molar-refractivity contribution in [2.45, 2.75) is 32.7 Å². The highest BCUT2D eigenvalue weighted by Crippen LogP contribution is 2.48. The Hall–Kier alpha value is -3.80. The number of hydrogen-bond acceptors (Lipinski definition) is 4. The first-order chi connectivity index (χ1) is 15.4. The van der Waals surface area contributed by atoms with Crippen LogP contribution in [0.5, 0.6) is 0 Å². The minimum Gasteiger partial charge on any atom is -0.467 e. The number of fused-ring (bicyclic) bond motifs is 1. The maximum atomic E-state index is 13.7. The zero-order chi connectivity index (χ0) is 22.3. The third-order valence-electron chi connectivity index (χ3n) is 5.96. The Kier molecular flexibility index (Phi) is 4.85. The molecule has 6 heteroatoms.